The Morgan fingerprint density at radius 1 is 1.16 bits per heavy atom. The molecule has 2 atom stereocenters. The molecule has 0 saturated carbocycles. The number of H-pyrrole nitrogens is 1. The Labute approximate surface area is 177 Å². The first-order chi connectivity index (χ1) is 14.7. The largest absolute Gasteiger partial charge is 0.423 e. The van der Waals surface area contributed by atoms with Crippen LogP contribution in [0.4, 0.5) is 5.69 Å². The maximum atomic E-state index is 12.6. The number of carbonyl (C=O) groups is 3. The number of benzene rings is 1. The molecule has 0 aliphatic heterocycles. The highest BCUT2D eigenvalue weighted by molar-refractivity contribution is 5.99. The fraction of sp³-hybridized carbons (Fsp3) is 0.286. The van der Waals surface area contributed by atoms with Gasteiger partial charge >= 0.3 is 5.63 Å². The molecule has 0 radical (unpaired) electrons. The van der Waals surface area contributed by atoms with E-state index < -0.39 is 29.5 Å². The minimum atomic E-state index is -0.884. The van der Waals surface area contributed by atoms with Crippen molar-refractivity contribution in [2.24, 2.45) is 0 Å². The van der Waals surface area contributed by atoms with E-state index >= 15 is 0 Å². The number of hydrogen-bond donors (Lipinski definition) is 4. The summed E-state index contributed by atoms with van der Waals surface area (Å²) < 4.78 is 5.18. The van der Waals surface area contributed by atoms with Crippen LogP contribution in [0.25, 0.3) is 11.0 Å². The van der Waals surface area contributed by atoms with E-state index in [0.717, 1.165) is 10.9 Å². The van der Waals surface area contributed by atoms with Crippen LogP contribution in [0.1, 0.15) is 25.1 Å². The number of imidazole rings is 1. The number of fused-ring (bicyclic) bond motifs is 1. The van der Waals surface area contributed by atoms with Gasteiger partial charge in [0.15, 0.2) is 0 Å². The van der Waals surface area contributed by atoms with Crippen LogP contribution in [0.15, 0.2) is 46.0 Å². The molecule has 0 aliphatic carbocycles. The number of rotatable bonds is 7. The summed E-state index contributed by atoms with van der Waals surface area (Å²) in [6, 6.07) is 4.61. The second-order valence-electron chi connectivity index (χ2n) is 7.21. The lowest BCUT2D eigenvalue weighted by molar-refractivity contribution is -0.130. The van der Waals surface area contributed by atoms with Gasteiger partial charge in [-0.05, 0) is 31.5 Å². The summed E-state index contributed by atoms with van der Waals surface area (Å²) in [7, 11) is 0. The average Bonchev–Trinajstić information content (AvgIpc) is 3.19. The minimum Gasteiger partial charge on any atom is -0.423 e. The number of nitrogens with zero attached hydrogens (tertiary/aromatic N) is 1. The van der Waals surface area contributed by atoms with Crippen molar-refractivity contribution in [3.8, 4) is 0 Å². The molecule has 1 aromatic carbocycles. The molecule has 10 nitrogen and oxygen atoms in total. The molecule has 3 amide bonds. The molecule has 0 saturated heterocycles. The van der Waals surface area contributed by atoms with Crippen molar-refractivity contribution in [2.75, 3.05) is 5.32 Å². The third-order valence-electron chi connectivity index (χ3n) is 4.64. The van der Waals surface area contributed by atoms with Crippen LogP contribution in [-0.2, 0) is 20.8 Å². The molecular weight excluding hydrogens is 402 g/mol. The van der Waals surface area contributed by atoms with Crippen molar-refractivity contribution in [1.82, 2.24) is 20.6 Å². The smallest absolute Gasteiger partial charge is 0.336 e. The van der Waals surface area contributed by atoms with E-state index in [1.54, 1.807) is 31.3 Å². The number of hydrogen-bond acceptors (Lipinski definition) is 6. The van der Waals surface area contributed by atoms with E-state index in [0.29, 0.717) is 17.0 Å². The maximum absolute atomic E-state index is 12.6. The summed E-state index contributed by atoms with van der Waals surface area (Å²) in [4.78, 5) is 55.0. The molecule has 10 heteroatoms. The van der Waals surface area contributed by atoms with Crippen molar-refractivity contribution >= 4 is 34.4 Å². The summed E-state index contributed by atoms with van der Waals surface area (Å²) in [6.07, 6.45) is 3.22. The zero-order valence-corrected chi connectivity index (χ0v) is 17.3. The van der Waals surface area contributed by atoms with Crippen molar-refractivity contribution in [1.29, 1.82) is 0 Å². The van der Waals surface area contributed by atoms with Gasteiger partial charge < -0.3 is 25.4 Å². The standard InChI is InChI=1S/C21H23N5O5/c1-11-6-19(28)31-18-8-14(4-5-16(11)18)26-20(29)12(2)24-21(30)17(25-13(3)27)7-15-9-22-10-23-15/h4-6,8-10,12,17H,7H2,1-3H3,(H,22,23)(H,24,30)(H,25,27)(H,26,29)/t12-,17-/m0/s1. The number of aromatic amines is 1. The van der Waals surface area contributed by atoms with Crippen LogP contribution in [-0.4, -0.2) is 39.8 Å². The molecule has 4 N–H and O–H groups in total. The number of nitrogens with one attached hydrogen (secondary N) is 4. The lowest BCUT2D eigenvalue weighted by atomic mass is 10.1. The Morgan fingerprint density at radius 3 is 2.61 bits per heavy atom. The second-order valence-corrected chi connectivity index (χ2v) is 7.21. The van der Waals surface area contributed by atoms with E-state index in [1.165, 1.54) is 26.2 Å². The van der Waals surface area contributed by atoms with Crippen LogP contribution >= 0.6 is 0 Å². The van der Waals surface area contributed by atoms with Crippen LogP contribution in [0.5, 0.6) is 0 Å². The Bertz CT molecular complexity index is 1170. The van der Waals surface area contributed by atoms with Gasteiger partial charge in [-0.3, -0.25) is 14.4 Å². The highest BCUT2D eigenvalue weighted by Crippen LogP contribution is 2.20. The highest BCUT2D eigenvalue weighted by atomic mass is 16.4. The summed E-state index contributed by atoms with van der Waals surface area (Å²) in [5.41, 5.74) is 1.73. The molecular formula is C21H23N5O5. The van der Waals surface area contributed by atoms with Gasteiger partial charge in [0.05, 0.1) is 6.33 Å². The van der Waals surface area contributed by atoms with E-state index in [2.05, 4.69) is 25.9 Å². The number of anilines is 1. The van der Waals surface area contributed by atoms with Crippen molar-refractivity contribution < 1.29 is 18.8 Å². The SMILES string of the molecule is CC(=O)N[C@@H](Cc1cnc[nH]1)C(=O)N[C@@H](C)C(=O)Nc1ccc2c(C)cc(=O)oc2c1. The molecule has 0 fully saturated rings. The predicted octanol–water partition coefficient (Wildman–Crippen LogP) is 1.02. The Balaban J connectivity index is 1.67. The molecule has 3 aromatic rings. The molecule has 31 heavy (non-hydrogen) atoms. The van der Waals surface area contributed by atoms with Crippen LogP contribution < -0.4 is 21.6 Å². The Morgan fingerprint density at radius 2 is 1.94 bits per heavy atom. The van der Waals surface area contributed by atoms with Crippen LogP contribution in [0.3, 0.4) is 0 Å². The molecule has 2 heterocycles. The third-order valence-corrected chi connectivity index (χ3v) is 4.64. The van der Waals surface area contributed by atoms with E-state index in [4.69, 9.17) is 4.42 Å². The van der Waals surface area contributed by atoms with Gasteiger partial charge in [-0.25, -0.2) is 9.78 Å². The van der Waals surface area contributed by atoms with E-state index in [-0.39, 0.29) is 12.3 Å². The van der Waals surface area contributed by atoms with Gasteiger partial charge in [-0.1, -0.05) is 0 Å². The van der Waals surface area contributed by atoms with Crippen LogP contribution in [0.2, 0.25) is 0 Å². The maximum Gasteiger partial charge on any atom is 0.336 e. The van der Waals surface area contributed by atoms with Gasteiger partial charge in [0.25, 0.3) is 0 Å². The molecule has 0 aliphatic rings. The third kappa shape index (κ3) is 5.56. The van der Waals surface area contributed by atoms with Gasteiger partial charge in [0.1, 0.15) is 17.7 Å². The van der Waals surface area contributed by atoms with Crippen molar-refractivity contribution in [3.05, 3.63) is 58.5 Å². The molecule has 3 rings (SSSR count). The number of aryl methyl sites for hydroxylation is 1. The number of aromatic nitrogens is 2. The van der Waals surface area contributed by atoms with Gasteiger partial charge in [0, 0.05) is 48.4 Å². The molecule has 0 bridgehead atoms. The van der Waals surface area contributed by atoms with Crippen LogP contribution in [0, 0.1) is 6.92 Å². The monoisotopic (exact) mass is 425 g/mol. The summed E-state index contributed by atoms with van der Waals surface area (Å²) in [5, 5.41) is 8.61. The molecule has 2 aromatic heterocycles. The average molecular weight is 425 g/mol. The topological polar surface area (TPSA) is 146 Å². The molecule has 0 unspecified atom stereocenters. The number of amides is 3. The van der Waals surface area contributed by atoms with E-state index in [9.17, 15) is 19.2 Å². The molecule has 0 spiro atoms. The van der Waals surface area contributed by atoms with Gasteiger partial charge in [-0.15, -0.1) is 0 Å². The van der Waals surface area contributed by atoms with Gasteiger partial charge in [0.2, 0.25) is 17.7 Å². The van der Waals surface area contributed by atoms with Crippen molar-refractivity contribution in [2.45, 2.75) is 39.3 Å². The summed E-state index contributed by atoms with van der Waals surface area (Å²) >= 11 is 0. The second kappa shape index (κ2) is 9.24. The first-order valence-electron chi connectivity index (χ1n) is 9.63. The Hall–Kier alpha value is -3.95. The highest BCUT2D eigenvalue weighted by Gasteiger charge is 2.24. The summed E-state index contributed by atoms with van der Waals surface area (Å²) in [6.45, 7) is 4.63. The fourth-order valence-electron chi connectivity index (χ4n) is 3.10. The number of carbonyl (C=O) groups excluding carboxylic acids is 3. The quantitative estimate of drug-likeness (QED) is 0.416. The first-order valence-corrected chi connectivity index (χ1v) is 9.63. The molecule has 162 valence electrons. The Kier molecular flexibility index (Phi) is 6.49. The zero-order valence-electron chi connectivity index (χ0n) is 17.3. The lowest BCUT2D eigenvalue weighted by Crippen LogP contribution is -2.52. The first kappa shape index (κ1) is 21.8. The fourth-order valence-corrected chi connectivity index (χ4v) is 3.10. The summed E-state index contributed by atoms with van der Waals surface area (Å²) in [5.74, 6) is -1.34. The normalized spacial score (nSPS) is 12.7. The van der Waals surface area contributed by atoms with E-state index in [1.807, 2.05) is 0 Å². The minimum absolute atomic E-state index is 0.197. The zero-order chi connectivity index (χ0) is 22.5. The van der Waals surface area contributed by atoms with Gasteiger partial charge in [-0.2, -0.15) is 0 Å². The predicted molar refractivity (Wildman–Crippen MR) is 113 cm³/mol. The van der Waals surface area contributed by atoms with Crippen molar-refractivity contribution in [3.63, 3.8) is 0 Å². The lowest BCUT2D eigenvalue weighted by Gasteiger charge is -2.20.